The summed E-state index contributed by atoms with van der Waals surface area (Å²) < 4.78 is 5.26. The number of benzene rings is 1. The lowest BCUT2D eigenvalue weighted by Crippen LogP contribution is -2.52. The van der Waals surface area contributed by atoms with Crippen LogP contribution in [0.25, 0.3) is 20.9 Å². The number of carbonyl (C=O) groups excluding carboxylic acids is 2. The normalized spacial score (nSPS) is 13.6. The second-order valence-corrected chi connectivity index (χ2v) is 9.86. The molecule has 4 heterocycles. The number of hydrogen-bond donors (Lipinski definition) is 1. The molecule has 10 heteroatoms. The van der Waals surface area contributed by atoms with E-state index in [9.17, 15) is 9.59 Å². The number of aryl methyl sites for hydroxylation is 1. The molecule has 1 aliphatic heterocycles. The molecule has 0 unspecified atom stereocenters. The number of thiophene rings is 2. The van der Waals surface area contributed by atoms with Crippen LogP contribution in [0.4, 0.5) is 5.82 Å². The minimum atomic E-state index is -0.499. The van der Waals surface area contributed by atoms with Crippen LogP contribution >= 0.6 is 22.7 Å². The quantitative estimate of drug-likeness (QED) is 0.245. The molecule has 0 atom stereocenters. The van der Waals surface area contributed by atoms with Gasteiger partial charge in [0.05, 0.1) is 17.4 Å². The fourth-order valence-electron chi connectivity index (χ4n) is 3.82. The van der Waals surface area contributed by atoms with Gasteiger partial charge in [-0.2, -0.15) is 10.1 Å². The monoisotopic (exact) mass is 491 g/mol. The van der Waals surface area contributed by atoms with E-state index in [4.69, 9.17) is 20.5 Å². The maximum Gasteiger partial charge on any atom is 0.276 e. The van der Waals surface area contributed by atoms with Gasteiger partial charge in [0.25, 0.3) is 11.8 Å². The molecule has 3 aromatic heterocycles. The molecule has 2 N–H and O–H groups in total. The van der Waals surface area contributed by atoms with Crippen molar-refractivity contribution in [1.29, 1.82) is 0 Å². The van der Waals surface area contributed by atoms with Crippen LogP contribution in [0.2, 0.25) is 0 Å². The van der Waals surface area contributed by atoms with Crippen molar-refractivity contribution in [2.75, 3.05) is 12.2 Å². The summed E-state index contributed by atoms with van der Waals surface area (Å²) in [5.41, 5.74) is 2.41. The highest BCUT2D eigenvalue weighted by Crippen LogP contribution is 2.39. The Morgan fingerprint density at radius 2 is 1.88 bits per heavy atom. The average molecular weight is 492 g/mol. The van der Waals surface area contributed by atoms with Crippen molar-refractivity contribution in [3.8, 4) is 16.5 Å². The Morgan fingerprint density at radius 3 is 2.50 bits per heavy atom. The van der Waals surface area contributed by atoms with Gasteiger partial charge in [0, 0.05) is 22.9 Å². The van der Waals surface area contributed by atoms with Crippen molar-refractivity contribution in [3.05, 3.63) is 69.4 Å². The summed E-state index contributed by atoms with van der Waals surface area (Å²) >= 11 is 3.06. The molecule has 1 aromatic carbocycles. The molecule has 0 saturated heterocycles. The first-order valence-electron chi connectivity index (χ1n) is 10.5. The first kappa shape index (κ1) is 22.2. The third-order valence-electron chi connectivity index (χ3n) is 5.65. The minimum absolute atomic E-state index is 0.313. The van der Waals surface area contributed by atoms with Crippen LogP contribution in [-0.4, -0.2) is 33.9 Å². The highest BCUT2D eigenvalue weighted by atomic mass is 32.1. The number of carbonyl (C=O) groups is 2. The topological polar surface area (TPSA) is 102 Å². The molecule has 34 heavy (non-hydrogen) atoms. The molecule has 0 saturated carbocycles. The lowest BCUT2D eigenvalue weighted by molar-refractivity contribution is -0.138. The predicted molar refractivity (Wildman–Crippen MR) is 134 cm³/mol. The van der Waals surface area contributed by atoms with Gasteiger partial charge in [-0.3, -0.25) is 9.59 Å². The minimum Gasteiger partial charge on any atom is -0.497 e. The van der Waals surface area contributed by atoms with E-state index in [1.807, 2.05) is 48.7 Å². The van der Waals surface area contributed by atoms with Gasteiger partial charge in [0.15, 0.2) is 11.6 Å². The Balaban J connectivity index is 1.63. The Bertz CT molecular complexity index is 1440. The number of anilines is 1. The molecule has 5 rings (SSSR count). The summed E-state index contributed by atoms with van der Waals surface area (Å²) in [5, 5.41) is 4.63. The zero-order valence-electron chi connectivity index (χ0n) is 18.7. The number of imide groups is 1. The first-order valence-corrected chi connectivity index (χ1v) is 12.1. The van der Waals surface area contributed by atoms with Gasteiger partial charge in [-0.15, -0.1) is 22.7 Å². The van der Waals surface area contributed by atoms with E-state index in [-0.39, 0.29) is 0 Å². The summed E-state index contributed by atoms with van der Waals surface area (Å²) in [6.07, 6.45) is 1.97. The molecule has 0 radical (unpaired) electrons. The number of rotatable bonds is 6. The van der Waals surface area contributed by atoms with Crippen molar-refractivity contribution < 1.29 is 14.3 Å². The van der Waals surface area contributed by atoms with E-state index in [0.29, 0.717) is 23.6 Å². The molecule has 4 aromatic rings. The number of nitrogens with zero attached hydrogens (tertiary/aromatic N) is 4. The van der Waals surface area contributed by atoms with Gasteiger partial charge >= 0.3 is 0 Å². The van der Waals surface area contributed by atoms with Crippen LogP contribution in [0, 0.1) is 6.92 Å². The van der Waals surface area contributed by atoms with Crippen molar-refractivity contribution in [2.45, 2.75) is 20.3 Å². The van der Waals surface area contributed by atoms with Crippen molar-refractivity contribution in [3.63, 3.8) is 0 Å². The van der Waals surface area contributed by atoms with Crippen LogP contribution in [0.3, 0.4) is 0 Å². The fraction of sp³-hybridized carbons (Fsp3) is 0.167. The van der Waals surface area contributed by atoms with Gasteiger partial charge in [0.1, 0.15) is 10.6 Å². The van der Waals surface area contributed by atoms with Crippen LogP contribution in [0.1, 0.15) is 22.9 Å². The van der Waals surface area contributed by atoms with Gasteiger partial charge in [0.2, 0.25) is 0 Å². The number of hydrazine groups is 2. The van der Waals surface area contributed by atoms with Gasteiger partial charge in [-0.1, -0.05) is 18.2 Å². The zero-order chi connectivity index (χ0) is 24.0. The molecule has 8 nitrogen and oxygen atoms in total. The number of aromatic nitrogens is 2. The number of fused-ring (bicyclic) bond motifs is 1. The predicted octanol–water partition coefficient (Wildman–Crippen LogP) is 4.24. The molecular formula is C24H21N5O3S2. The smallest absolute Gasteiger partial charge is 0.276 e. The van der Waals surface area contributed by atoms with Gasteiger partial charge < -0.3 is 4.74 Å². The van der Waals surface area contributed by atoms with E-state index >= 15 is 0 Å². The molecule has 2 amide bonds. The standard InChI is InChI=1S/C24H21N5O3S2/c1-13-11-19(30)28(24(13)31)29(25)22-20-14(2)18(12-15-6-8-16(32-3)9-7-15)34-23(20)27-21(26-22)17-5-4-10-33-17/h4-11H,12,25H2,1-3H3. The zero-order valence-corrected chi connectivity index (χ0v) is 20.4. The van der Waals surface area contributed by atoms with Crippen LogP contribution in [0.15, 0.2) is 53.4 Å². The molecule has 0 aliphatic carbocycles. The Hall–Kier alpha value is -3.60. The molecule has 172 valence electrons. The van der Waals surface area contributed by atoms with E-state index in [0.717, 1.165) is 47.0 Å². The molecule has 0 spiro atoms. The Morgan fingerprint density at radius 1 is 1.12 bits per heavy atom. The second kappa shape index (κ2) is 8.64. The highest BCUT2D eigenvalue weighted by molar-refractivity contribution is 7.19. The summed E-state index contributed by atoms with van der Waals surface area (Å²) in [4.78, 5) is 37.4. The second-order valence-electron chi connectivity index (χ2n) is 7.83. The molecule has 0 bridgehead atoms. The number of nitrogens with two attached hydrogens (primary N) is 1. The third-order valence-corrected chi connectivity index (χ3v) is 7.70. The van der Waals surface area contributed by atoms with Gasteiger partial charge in [-0.25, -0.2) is 15.8 Å². The average Bonchev–Trinajstić information content (AvgIpc) is 3.53. The molecule has 0 fully saturated rings. The lowest BCUT2D eigenvalue weighted by atomic mass is 10.1. The highest BCUT2D eigenvalue weighted by Gasteiger charge is 2.35. The third kappa shape index (κ3) is 3.75. The molecular weight excluding hydrogens is 470 g/mol. The van der Waals surface area contributed by atoms with Crippen molar-refractivity contribution in [2.24, 2.45) is 5.84 Å². The summed E-state index contributed by atoms with van der Waals surface area (Å²) in [5.74, 6) is 7.02. The molecule has 1 aliphatic rings. The Kier molecular flexibility index (Phi) is 5.64. The summed E-state index contributed by atoms with van der Waals surface area (Å²) in [7, 11) is 1.64. The maximum atomic E-state index is 12.6. The number of amides is 2. The first-order chi connectivity index (χ1) is 16.4. The van der Waals surface area contributed by atoms with Crippen LogP contribution in [0.5, 0.6) is 5.75 Å². The van der Waals surface area contributed by atoms with Crippen LogP contribution < -0.4 is 15.7 Å². The number of ether oxygens (including phenoxy) is 1. The Labute approximate surface area is 203 Å². The summed E-state index contributed by atoms with van der Waals surface area (Å²) in [6, 6.07) is 11.8. The van der Waals surface area contributed by atoms with E-state index in [1.54, 1.807) is 25.4 Å². The largest absolute Gasteiger partial charge is 0.497 e. The van der Waals surface area contributed by atoms with E-state index < -0.39 is 11.8 Å². The van der Waals surface area contributed by atoms with E-state index in [1.165, 1.54) is 17.4 Å². The number of methoxy groups -OCH3 is 1. The SMILES string of the molecule is COc1ccc(Cc2sc3nc(-c4cccs4)nc(N(N)N4C(=O)C=C(C)C4=O)c3c2C)cc1. The van der Waals surface area contributed by atoms with Crippen LogP contribution in [-0.2, 0) is 16.0 Å². The van der Waals surface area contributed by atoms with Gasteiger partial charge in [-0.05, 0) is 48.6 Å². The number of hydrogen-bond acceptors (Lipinski definition) is 9. The van der Waals surface area contributed by atoms with Crippen molar-refractivity contribution in [1.82, 2.24) is 15.0 Å². The fourth-order valence-corrected chi connectivity index (χ4v) is 5.68. The van der Waals surface area contributed by atoms with E-state index in [2.05, 4.69) is 0 Å². The summed E-state index contributed by atoms with van der Waals surface area (Å²) in [6.45, 7) is 3.57. The maximum absolute atomic E-state index is 12.6. The lowest BCUT2D eigenvalue weighted by Gasteiger charge is -2.27. The van der Waals surface area contributed by atoms with Crippen molar-refractivity contribution >= 4 is 50.5 Å².